The number of hydrogen-bond acceptors (Lipinski definition) is 3. The molecule has 0 aromatic carbocycles. The number of piperidine rings is 1. The van der Waals surface area contributed by atoms with Gasteiger partial charge in [0.05, 0.1) is 17.7 Å². The Hall–Kier alpha value is -0.200. The van der Waals surface area contributed by atoms with E-state index in [9.17, 15) is 5.11 Å². The van der Waals surface area contributed by atoms with E-state index in [4.69, 9.17) is 16.2 Å². The first-order valence-corrected chi connectivity index (χ1v) is 15.5. The summed E-state index contributed by atoms with van der Waals surface area (Å²) in [5.74, 6) is 4.70. The molecule has 0 amide bonds. The summed E-state index contributed by atoms with van der Waals surface area (Å²) in [6, 6.07) is 0. The van der Waals surface area contributed by atoms with E-state index in [1.165, 1.54) is 96.4 Å². The first-order chi connectivity index (χ1) is 16.7. The molecule has 2 bridgehead atoms. The number of nitrogens with two attached hydrogens (primary N) is 2. The molecule has 3 saturated carbocycles. The van der Waals surface area contributed by atoms with E-state index < -0.39 is 0 Å². The molecule has 35 heavy (non-hydrogen) atoms. The van der Waals surface area contributed by atoms with Crippen molar-refractivity contribution in [2.45, 2.75) is 139 Å². The van der Waals surface area contributed by atoms with Crippen molar-refractivity contribution in [2.75, 3.05) is 13.2 Å². The van der Waals surface area contributed by atoms with Gasteiger partial charge < -0.3 is 20.9 Å². The van der Waals surface area contributed by atoms with Crippen molar-refractivity contribution in [3.63, 3.8) is 0 Å². The van der Waals surface area contributed by atoms with Crippen LogP contribution in [-0.2, 0) is 4.74 Å². The van der Waals surface area contributed by atoms with E-state index in [1.54, 1.807) is 0 Å². The lowest BCUT2D eigenvalue weighted by Crippen LogP contribution is -2.95. The molecule has 5 nitrogen and oxygen atoms in total. The molecule has 6 rings (SSSR count). The molecule has 3 heterocycles. The monoisotopic (exact) mass is 491 g/mol. The second kappa shape index (κ2) is 10.5. The molecule has 5 heteroatoms. The number of quaternary nitrogens is 2. The van der Waals surface area contributed by atoms with Gasteiger partial charge in [0.25, 0.3) is 0 Å². The van der Waals surface area contributed by atoms with Crippen LogP contribution < -0.4 is 16.8 Å². The van der Waals surface area contributed by atoms with E-state index >= 15 is 0 Å². The minimum Gasteiger partial charge on any atom is -0.396 e. The van der Waals surface area contributed by atoms with Crippen LogP contribution in [0.5, 0.6) is 0 Å². The minimum absolute atomic E-state index is 0.0235. The molecule has 202 valence electrons. The number of rotatable bonds is 7. The van der Waals surface area contributed by atoms with Crippen LogP contribution in [0, 0.1) is 35.5 Å². The van der Waals surface area contributed by atoms with Gasteiger partial charge in [0.2, 0.25) is 0 Å². The lowest BCUT2D eigenvalue weighted by Gasteiger charge is -2.64. The number of hydrogen-bond donors (Lipinski definition) is 4. The number of fused-ring (bicyclic) bond motifs is 3. The maximum atomic E-state index is 9.92. The summed E-state index contributed by atoms with van der Waals surface area (Å²) in [5, 5.41) is 12.3. The average molecular weight is 492 g/mol. The van der Waals surface area contributed by atoms with Gasteiger partial charge in [-0.15, -0.1) is 0 Å². The van der Waals surface area contributed by atoms with Crippen molar-refractivity contribution in [3.05, 3.63) is 0 Å². The standard InChI is InChI=1S/C30H55N3O2/c1-28(2)26-12-13-30(35-28,20-29(26,32)14-15-34)25-10-9-23(16-21-6-4-3-5-7-21)24(18-25)17-22-8-11-27(31)33-19-22/h21-27,33-34H,3-20,31-32H2,1-2H3/p+2/t22?,23-,24-,25+,26-,27?,29+,30+/m1/s1. The van der Waals surface area contributed by atoms with Crippen molar-refractivity contribution in [1.82, 2.24) is 0 Å². The van der Waals surface area contributed by atoms with Crippen LogP contribution in [0.15, 0.2) is 0 Å². The Morgan fingerprint density at radius 3 is 2.40 bits per heavy atom. The highest BCUT2D eigenvalue weighted by Crippen LogP contribution is 2.60. The van der Waals surface area contributed by atoms with Gasteiger partial charge in [-0.3, -0.25) is 5.73 Å². The van der Waals surface area contributed by atoms with Gasteiger partial charge >= 0.3 is 0 Å². The molecule has 0 aromatic heterocycles. The Labute approximate surface area is 214 Å². The van der Waals surface area contributed by atoms with Crippen LogP contribution in [0.2, 0.25) is 0 Å². The maximum Gasteiger partial charge on any atom is 0.137 e. The molecule has 0 radical (unpaired) electrons. The predicted octanol–water partition coefficient (Wildman–Crippen LogP) is 3.35. The Balaban J connectivity index is 1.33. The van der Waals surface area contributed by atoms with Crippen LogP contribution in [0.4, 0.5) is 0 Å². The summed E-state index contributed by atoms with van der Waals surface area (Å²) in [6.45, 7) is 6.11. The molecule has 6 fully saturated rings. The highest BCUT2D eigenvalue weighted by molar-refractivity contribution is 5.13. The van der Waals surface area contributed by atoms with Crippen LogP contribution in [0.25, 0.3) is 0 Å². The van der Waals surface area contributed by atoms with E-state index in [2.05, 4.69) is 19.2 Å². The van der Waals surface area contributed by atoms with E-state index in [0.29, 0.717) is 18.0 Å². The number of aliphatic hydroxyl groups is 1. The molecule has 0 aromatic rings. The van der Waals surface area contributed by atoms with Crippen molar-refractivity contribution in [2.24, 2.45) is 41.2 Å². The summed E-state index contributed by atoms with van der Waals surface area (Å²) in [5.41, 5.74) is 10.8. The Kier molecular flexibility index (Phi) is 7.94. The molecule has 8 atom stereocenters. The smallest absolute Gasteiger partial charge is 0.137 e. The summed E-state index contributed by atoms with van der Waals surface area (Å²) in [4.78, 5) is 0. The van der Waals surface area contributed by atoms with Crippen LogP contribution in [-0.4, -0.2) is 41.2 Å². The van der Waals surface area contributed by atoms with Gasteiger partial charge in [-0.1, -0.05) is 32.1 Å². The second-order valence-corrected chi connectivity index (χ2v) is 14.5. The lowest BCUT2D eigenvalue weighted by molar-refractivity contribution is -0.703. The third-order valence-electron chi connectivity index (χ3n) is 11.7. The third-order valence-corrected chi connectivity index (χ3v) is 11.7. The highest BCUT2D eigenvalue weighted by atomic mass is 16.5. The topological polar surface area (TPSA) is 99.7 Å². The first kappa shape index (κ1) is 26.4. The normalized spacial score (nSPS) is 46.5. The Morgan fingerprint density at radius 1 is 0.943 bits per heavy atom. The fraction of sp³-hybridized carbons (Fsp3) is 1.00. The van der Waals surface area contributed by atoms with E-state index in [0.717, 1.165) is 36.5 Å². The minimum atomic E-state index is -0.129. The number of aliphatic hydroxyl groups excluding tert-OH is 1. The fourth-order valence-electron chi connectivity index (χ4n) is 10.1. The zero-order valence-electron chi connectivity index (χ0n) is 23.0. The third kappa shape index (κ3) is 5.50. The van der Waals surface area contributed by atoms with Crippen LogP contribution >= 0.6 is 0 Å². The van der Waals surface area contributed by atoms with E-state index in [-0.39, 0.29) is 23.3 Å². The van der Waals surface area contributed by atoms with Gasteiger partial charge in [-0.05, 0) is 88.9 Å². The SMILES string of the molecule is CC1(C)O[C@@]2([C@H]3CC[C@H](CC4CCCCC4)[C@H](CC4CCC(N)[NH2+]C4)C3)CC[C@H]1[C@]([NH3+])(CCO)C2. The second-order valence-electron chi connectivity index (χ2n) is 14.5. The number of ether oxygens (including phenoxy) is 1. The molecule has 3 aliphatic carbocycles. The largest absolute Gasteiger partial charge is 0.396 e. The van der Waals surface area contributed by atoms with Crippen LogP contribution in [0.3, 0.4) is 0 Å². The predicted molar refractivity (Wildman–Crippen MR) is 140 cm³/mol. The molecular weight excluding hydrogens is 434 g/mol. The zero-order valence-corrected chi connectivity index (χ0v) is 23.0. The van der Waals surface area contributed by atoms with Gasteiger partial charge in [0.15, 0.2) is 0 Å². The van der Waals surface area contributed by atoms with Crippen LogP contribution in [0.1, 0.15) is 117 Å². The van der Waals surface area contributed by atoms with E-state index in [1.807, 2.05) is 0 Å². The molecule has 6 aliphatic rings. The average Bonchev–Trinajstić information content (AvgIpc) is 2.81. The van der Waals surface area contributed by atoms with Gasteiger partial charge in [0.1, 0.15) is 11.7 Å². The summed E-state index contributed by atoms with van der Waals surface area (Å²) >= 11 is 0. The lowest BCUT2D eigenvalue weighted by atomic mass is 9.52. The zero-order chi connectivity index (χ0) is 24.7. The van der Waals surface area contributed by atoms with Gasteiger partial charge in [0, 0.05) is 37.7 Å². The summed E-state index contributed by atoms with van der Waals surface area (Å²) in [6.07, 6.45) is 21.5. The summed E-state index contributed by atoms with van der Waals surface area (Å²) < 4.78 is 7.13. The fourth-order valence-corrected chi connectivity index (χ4v) is 10.1. The molecule has 3 saturated heterocycles. The Morgan fingerprint density at radius 2 is 1.71 bits per heavy atom. The first-order valence-electron chi connectivity index (χ1n) is 15.5. The summed E-state index contributed by atoms with van der Waals surface area (Å²) in [7, 11) is 0. The molecule has 2 unspecified atom stereocenters. The molecule has 8 N–H and O–H groups in total. The Bertz CT molecular complexity index is 702. The van der Waals surface area contributed by atoms with Crippen molar-refractivity contribution in [3.8, 4) is 0 Å². The molecular formula is C30H57N3O2+2. The van der Waals surface area contributed by atoms with Crippen molar-refractivity contribution < 1.29 is 20.9 Å². The van der Waals surface area contributed by atoms with Gasteiger partial charge in [-0.25, -0.2) is 0 Å². The van der Waals surface area contributed by atoms with Crippen molar-refractivity contribution in [1.29, 1.82) is 0 Å². The molecule has 0 spiro atoms. The highest BCUT2D eigenvalue weighted by Gasteiger charge is 2.65. The quantitative estimate of drug-likeness (QED) is 0.439. The maximum absolute atomic E-state index is 9.92. The molecule has 3 aliphatic heterocycles. The van der Waals surface area contributed by atoms with Crippen molar-refractivity contribution >= 4 is 0 Å². The van der Waals surface area contributed by atoms with Gasteiger partial charge in [-0.2, -0.15) is 0 Å².